The van der Waals surface area contributed by atoms with Gasteiger partial charge in [-0.1, -0.05) is 50.6 Å². The van der Waals surface area contributed by atoms with Crippen LogP contribution >= 0.6 is 11.6 Å². The molecule has 3 nitrogen and oxygen atoms in total. The number of fused-ring (bicyclic) bond motifs is 1. The van der Waals surface area contributed by atoms with E-state index < -0.39 is 0 Å². The van der Waals surface area contributed by atoms with Crippen LogP contribution in [0, 0.1) is 0 Å². The first-order chi connectivity index (χ1) is 10.2. The molecular weight excluding hydrogens is 286 g/mol. The van der Waals surface area contributed by atoms with Gasteiger partial charge < -0.3 is 15.2 Å². The van der Waals surface area contributed by atoms with Crippen LogP contribution in [0.4, 0.5) is 0 Å². The molecule has 1 aliphatic rings. The third-order valence-corrected chi connectivity index (χ3v) is 4.21. The summed E-state index contributed by atoms with van der Waals surface area (Å²) in [7, 11) is 0. The molecule has 0 radical (unpaired) electrons. The summed E-state index contributed by atoms with van der Waals surface area (Å²) in [6, 6.07) is 3.77. The summed E-state index contributed by atoms with van der Waals surface area (Å²) in [5.41, 5.74) is 7.27. The molecular formula is C17H26ClNO2. The number of hydrogen-bond donors (Lipinski definition) is 1. The maximum atomic E-state index is 6.36. The molecule has 2 rings (SSSR count). The van der Waals surface area contributed by atoms with Gasteiger partial charge in [-0.3, -0.25) is 0 Å². The van der Waals surface area contributed by atoms with E-state index in [2.05, 4.69) is 6.92 Å². The van der Waals surface area contributed by atoms with Crippen LogP contribution in [0.2, 0.25) is 5.02 Å². The topological polar surface area (TPSA) is 44.5 Å². The van der Waals surface area contributed by atoms with Crippen molar-refractivity contribution in [3.8, 4) is 11.5 Å². The van der Waals surface area contributed by atoms with E-state index in [0.717, 1.165) is 36.3 Å². The third-order valence-electron chi connectivity index (χ3n) is 3.88. The van der Waals surface area contributed by atoms with Crippen LogP contribution in [-0.4, -0.2) is 13.2 Å². The summed E-state index contributed by atoms with van der Waals surface area (Å²) >= 11 is 6.36. The van der Waals surface area contributed by atoms with Gasteiger partial charge in [0.25, 0.3) is 0 Å². The maximum absolute atomic E-state index is 6.36. The Bertz CT molecular complexity index is 451. The molecule has 0 aromatic heterocycles. The summed E-state index contributed by atoms with van der Waals surface area (Å²) in [5, 5.41) is 0.681. The fourth-order valence-corrected chi connectivity index (χ4v) is 2.90. The smallest absolute Gasteiger partial charge is 0.162 e. The largest absolute Gasteiger partial charge is 0.490 e. The summed E-state index contributed by atoms with van der Waals surface area (Å²) in [4.78, 5) is 0. The van der Waals surface area contributed by atoms with Crippen molar-refractivity contribution in [2.75, 3.05) is 13.2 Å². The van der Waals surface area contributed by atoms with Gasteiger partial charge in [0, 0.05) is 23.6 Å². The molecule has 21 heavy (non-hydrogen) atoms. The molecule has 2 N–H and O–H groups in total. The third kappa shape index (κ3) is 4.79. The molecule has 0 aliphatic carbocycles. The number of halogens is 1. The van der Waals surface area contributed by atoms with Gasteiger partial charge in [0.1, 0.15) is 0 Å². The Morgan fingerprint density at radius 1 is 1.10 bits per heavy atom. The molecule has 0 fully saturated rings. The second-order valence-electron chi connectivity index (χ2n) is 5.68. The zero-order valence-electron chi connectivity index (χ0n) is 12.9. The quantitative estimate of drug-likeness (QED) is 0.731. The lowest BCUT2D eigenvalue weighted by Crippen LogP contribution is -2.11. The number of ether oxygens (including phenoxy) is 2. The van der Waals surface area contributed by atoms with Gasteiger partial charge in [-0.25, -0.2) is 0 Å². The van der Waals surface area contributed by atoms with Crippen LogP contribution in [0.15, 0.2) is 12.1 Å². The minimum Gasteiger partial charge on any atom is -0.490 e. The summed E-state index contributed by atoms with van der Waals surface area (Å²) < 4.78 is 11.4. The zero-order chi connectivity index (χ0) is 15.1. The van der Waals surface area contributed by atoms with E-state index in [1.54, 1.807) is 0 Å². The number of benzene rings is 1. The van der Waals surface area contributed by atoms with E-state index in [-0.39, 0.29) is 6.04 Å². The molecule has 1 aromatic carbocycles. The molecule has 1 unspecified atom stereocenters. The normalized spacial score (nSPS) is 15.6. The Morgan fingerprint density at radius 3 is 2.48 bits per heavy atom. The molecule has 4 heteroatoms. The molecule has 0 bridgehead atoms. The summed E-state index contributed by atoms with van der Waals surface area (Å²) in [5.74, 6) is 1.50. The Balaban J connectivity index is 1.96. The van der Waals surface area contributed by atoms with Gasteiger partial charge in [0.05, 0.1) is 13.2 Å². The van der Waals surface area contributed by atoms with Gasteiger partial charge in [-0.15, -0.1) is 0 Å². The van der Waals surface area contributed by atoms with E-state index in [9.17, 15) is 0 Å². The predicted molar refractivity (Wildman–Crippen MR) is 87.4 cm³/mol. The lowest BCUT2D eigenvalue weighted by atomic mass is 10.00. The molecule has 0 saturated heterocycles. The average Bonchev–Trinajstić information content (AvgIpc) is 2.70. The summed E-state index contributed by atoms with van der Waals surface area (Å²) in [6.07, 6.45) is 8.10. The van der Waals surface area contributed by atoms with E-state index in [0.29, 0.717) is 18.2 Å². The van der Waals surface area contributed by atoms with Gasteiger partial charge in [0.15, 0.2) is 11.5 Å². The number of nitrogens with two attached hydrogens (primary N) is 1. The van der Waals surface area contributed by atoms with Crippen molar-refractivity contribution in [3.05, 3.63) is 22.7 Å². The highest BCUT2D eigenvalue weighted by Crippen LogP contribution is 2.37. The first kappa shape index (κ1) is 16.4. The van der Waals surface area contributed by atoms with Gasteiger partial charge in [-0.05, 0) is 18.1 Å². The second kappa shape index (κ2) is 8.50. The number of rotatable bonds is 7. The minimum absolute atomic E-state index is 0.0312. The van der Waals surface area contributed by atoms with Crippen LogP contribution in [0.1, 0.15) is 63.5 Å². The van der Waals surface area contributed by atoms with Crippen LogP contribution in [0.25, 0.3) is 0 Å². The molecule has 118 valence electrons. The van der Waals surface area contributed by atoms with Crippen LogP contribution < -0.4 is 15.2 Å². The zero-order valence-corrected chi connectivity index (χ0v) is 13.6. The summed E-state index contributed by atoms with van der Waals surface area (Å²) in [6.45, 7) is 3.58. The lowest BCUT2D eigenvalue weighted by molar-refractivity contribution is 0.297. The molecule has 1 aromatic rings. The molecule has 1 heterocycles. The van der Waals surface area contributed by atoms with Gasteiger partial charge in [-0.2, -0.15) is 0 Å². The Kier molecular flexibility index (Phi) is 6.65. The fourth-order valence-electron chi connectivity index (χ4n) is 2.61. The lowest BCUT2D eigenvalue weighted by Gasteiger charge is -2.16. The van der Waals surface area contributed by atoms with Gasteiger partial charge in [0.2, 0.25) is 0 Å². The Hall–Kier alpha value is -0.930. The van der Waals surface area contributed by atoms with Crippen molar-refractivity contribution in [2.45, 2.75) is 57.9 Å². The SMILES string of the molecule is CCCCCCCC(N)c1cc2c(cc1Cl)OCCCO2. The number of unbranched alkanes of at least 4 members (excludes halogenated alkanes) is 4. The number of hydrogen-bond acceptors (Lipinski definition) is 3. The van der Waals surface area contributed by atoms with Crippen molar-refractivity contribution in [1.82, 2.24) is 0 Å². The Morgan fingerprint density at radius 2 is 1.76 bits per heavy atom. The van der Waals surface area contributed by atoms with Crippen LogP contribution in [0.3, 0.4) is 0 Å². The monoisotopic (exact) mass is 311 g/mol. The highest BCUT2D eigenvalue weighted by molar-refractivity contribution is 6.31. The second-order valence-corrected chi connectivity index (χ2v) is 6.09. The molecule has 0 spiro atoms. The standard InChI is InChI=1S/C17H26ClNO2/c1-2-3-4-5-6-8-15(19)13-11-16-17(12-14(13)18)21-10-7-9-20-16/h11-12,15H,2-10,19H2,1H3. The first-order valence-corrected chi connectivity index (χ1v) is 8.44. The van der Waals surface area contributed by atoms with Gasteiger partial charge >= 0.3 is 0 Å². The van der Waals surface area contributed by atoms with Crippen molar-refractivity contribution < 1.29 is 9.47 Å². The highest BCUT2D eigenvalue weighted by atomic mass is 35.5. The first-order valence-electron chi connectivity index (χ1n) is 8.07. The molecule has 1 aliphatic heterocycles. The van der Waals surface area contributed by atoms with Crippen LogP contribution in [-0.2, 0) is 0 Å². The minimum atomic E-state index is -0.0312. The van der Waals surface area contributed by atoms with Crippen molar-refractivity contribution in [3.63, 3.8) is 0 Å². The van der Waals surface area contributed by atoms with E-state index >= 15 is 0 Å². The Labute approximate surface area is 132 Å². The van der Waals surface area contributed by atoms with E-state index in [1.165, 1.54) is 25.7 Å². The van der Waals surface area contributed by atoms with E-state index in [4.69, 9.17) is 26.8 Å². The average molecular weight is 312 g/mol. The molecule has 0 saturated carbocycles. The predicted octanol–water partition coefficient (Wildman–Crippen LogP) is 4.86. The molecule has 0 amide bonds. The molecule has 1 atom stereocenters. The van der Waals surface area contributed by atoms with E-state index in [1.807, 2.05) is 12.1 Å². The van der Waals surface area contributed by atoms with Crippen molar-refractivity contribution >= 4 is 11.6 Å². The van der Waals surface area contributed by atoms with Crippen molar-refractivity contribution in [2.24, 2.45) is 5.73 Å². The fraction of sp³-hybridized carbons (Fsp3) is 0.647. The van der Waals surface area contributed by atoms with Crippen LogP contribution in [0.5, 0.6) is 11.5 Å². The highest BCUT2D eigenvalue weighted by Gasteiger charge is 2.17. The van der Waals surface area contributed by atoms with Crippen molar-refractivity contribution in [1.29, 1.82) is 0 Å². The maximum Gasteiger partial charge on any atom is 0.162 e.